The zero-order valence-corrected chi connectivity index (χ0v) is 25.3. The maximum Gasteiger partial charge on any atom is 0.0612 e. The van der Waals surface area contributed by atoms with Crippen LogP contribution in [-0.2, 0) is 4.74 Å². The Balaban J connectivity index is 1.31. The van der Waals surface area contributed by atoms with Crippen molar-refractivity contribution in [1.29, 1.82) is 0 Å². The quantitative estimate of drug-likeness (QED) is 0.181. The maximum atomic E-state index is 6.45. The zero-order chi connectivity index (χ0) is 25.8. The molecule has 0 amide bonds. The topological polar surface area (TPSA) is 9.23 Å². The maximum absolute atomic E-state index is 6.45. The summed E-state index contributed by atoms with van der Waals surface area (Å²) >= 11 is 0. The van der Waals surface area contributed by atoms with Gasteiger partial charge in [-0.15, -0.1) is 0 Å². The molecule has 0 radical (unpaired) electrons. The van der Waals surface area contributed by atoms with Gasteiger partial charge in [0.2, 0.25) is 0 Å². The monoisotopic (exact) mass is 498 g/mol. The van der Waals surface area contributed by atoms with Gasteiger partial charge in [0.1, 0.15) is 0 Å². The molecule has 0 aromatic heterocycles. The second-order valence-electron chi connectivity index (χ2n) is 14.8. The molecule has 3 saturated carbocycles. The van der Waals surface area contributed by atoms with E-state index in [9.17, 15) is 0 Å². The molecule has 4 aliphatic carbocycles. The van der Waals surface area contributed by atoms with Gasteiger partial charge in [-0.25, -0.2) is 0 Å². The Morgan fingerprint density at radius 1 is 0.861 bits per heavy atom. The van der Waals surface area contributed by atoms with Crippen molar-refractivity contribution in [3.8, 4) is 0 Å². The van der Waals surface area contributed by atoms with E-state index in [2.05, 4.69) is 47.6 Å². The van der Waals surface area contributed by atoms with Gasteiger partial charge in [-0.05, 0) is 104 Å². The van der Waals surface area contributed by atoms with Crippen molar-refractivity contribution in [3.63, 3.8) is 0 Å². The van der Waals surface area contributed by atoms with E-state index >= 15 is 0 Å². The minimum atomic E-state index is 0.464. The normalized spacial score (nSPS) is 38.9. The van der Waals surface area contributed by atoms with Crippen LogP contribution >= 0.6 is 0 Å². The zero-order valence-electron chi connectivity index (χ0n) is 25.3. The van der Waals surface area contributed by atoms with Crippen LogP contribution in [0.25, 0.3) is 0 Å². The minimum Gasteiger partial charge on any atom is -0.378 e. The molecular weight excluding hydrogens is 436 g/mol. The smallest absolute Gasteiger partial charge is 0.0612 e. The third-order valence-electron chi connectivity index (χ3n) is 12.1. The molecule has 0 aromatic carbocycles. The van der Waals surface area contributed by atoms with E-state index in [0.29, 0.717) is 16.9 Å². The number of fused-ring (bicyclic) bond motifs is 5. The molecule has 4 aliphatic rings. The molecule has 0 N–H and O–H groups in total. The van der Waals surface area contributed by atoms with Crippen LogP contribution in [0.4, 0.5) is 0 Å². The Morgan fingerprint density at radius 2 is 1.64 bits per heavy atom. The minimum absolute atomic E-state index is 0.464. The first-order valence-electron chi connectivity index (χ1n) is 16.6. The third kappa shape index (κ3) is 6.13. The first-order chi connectivity index (χ1) is 17.3. The lowest BCUT2D eigenvalue weighted by Gasteiger charge is -2.58. The van der Waals surface area contributed by atoms with Crippen LogP contribution in [0.5, 0.6) is 0 Å². The molecule has 8 atom stereocenters. The van der Waals surface area contributed by atoms with Crippen LogP contribution in [0.3, 0.4) is 0 Å². The Labute approximate surface area is 226 Å². The van der Waals surface area contributed by atoms with E-state index in [1.807, 2.05) is 0 Å². The molecule has 1 nitrogen and oxygen atoms in total. The van der Waals surface area contributed by atoms with E-state index < -0.39 is 0 Å². The number of hydrogen-bond donors (Lipinski definition) is 0. The average molecular weight is 499 g/mol. The summed E-state index contributed by atoms with van der Waals surface area (Å²) in [5.74, 6) is 5.61. The highest BCUT2D eigenvalue weighted by Gasteiger charge is 2.59. The molecule has 0 heterocycles. The molecule has 3 fully saturated rings. The highest BCUT2D eigenvalue weighted by molar-refractivity contribution is 5.25. The van der Waals surface area contributed by atoms with Crippen molar-refractivity contribution in [1.82, 2.24) is 0 Å². The van der Waals surface area contributed by atoms with Crippen LogP contribution in [-0.4, -0.2) is 12.7 Å². The number of rotatable bonds is 13. The molecule has 0 saturated heterocycles. The first kappa shape index (κ1) is 28.7. The summed E-state index contributed by atoms with van der Waals surface area (Å²) in [4.78, 5) is 0. The predicted molar refractivity (Wildman–Crippen MR) is 156 cm³/mol. The van der Waals surface area contributed by atoms with Crippen LogP contribution in [0.2, 0.25) is 0 Å². The summed E-state index contributed by atoms with van der Waals surface area (Å²) in [7, 11) is 0. The second-order valence-corrected chi connectivity index (χ2v) is 14.8. The van der Waals surface area contributed by atoms with Crippen molar-refractivity contribution in [2.45, 2.75) is 157 Å². The summed E-state index contributed by atoms with van der Waals surface area (Å²) in [6.45, 7) is 16.1. The lowest BCUT2D eigenvalue weighted by atomic mass is 9.47. The lowest BCUT2D eigenvalue weighted by molar-refractivity contribution is -0.0641. The van der Waals surface area contributed by atoms with E-state index in [4.69, 9.17) is 4.74 Å². The Morgan fingerprint density at radius 3 is 2.42 bits per heavy atom. The molecule has 0 aromatic rings. The van der Waals surface area contributed by atoms with Crippen LogP contribution in [0.15, 0.2) is 11.6 Å². The average Bonchev–Trinajstić information content (AvgIpc) is 3.20. The van der Waals surface area contributed by atoms with E-state index in [1.54, 1.807) is 5.57 Å². The summed E-state index contributed by atoms with van der Waals surface area (Å²) < 4.78 is 6.45. The van der Waals surface area contributed by atoms with E-state index in [0.717, 1.165) is 42.1 Å². The lowest BCUT2D eigenvalue weighted by Crippen LogP contribution is -2.51. The van der Waals surface area contributed by atoms with Gasteiger partial charge in [0.25, 0.3) is 0 Å². The van der Waals surface area contributed by atoms with Crippen LogP contribution < -0.4 is 0 Å². The molecule has 208 valence electrons. The van der Waals surface area contributed by atoms with Crippen molar-refractivity contribution in [2.24, 2.45) is 46.3 Å². The number of hydrogen-bond acceptors (Lipinski definition) is 1. The summed E-state index contributed by atoms with van der Waals surface area (Å²) in [5, 5.41) is 0. The van der Waals surface area contributed by atoms with Gasteiger partial charge in [-0.1, -0.05) is 105 Å². The highest BCUT2D eigenvalue weighted by atomic mass is 16.5. The van der Waals surface area contributed by atoms with Crippen molar-refractivity contribution in [3.05, 3.63) is 11.6 Å². The summed E-state index contributed by atoms with van der Waals surface area (Å²) in [6.07, 6.45) is 27.0. The van der Waals surface area contributed by atoms with Crippen molar-refractivity contribution < 1.29 is 4.74 Å². The van der Waals surface area contributed by atoms with Crippen LogP contribution in [0.1, 0.15) is 151 Å². The predicted octanol–water partition coefficient (Wildman–Crippen LogP) is 10.8. The largest absolute Gasteiger partial charge is 0.378 e. The first-order valence-corrected chi connectivity index (χ1v) is 16.6. The number of ether oxygens (including phenoxy) is 1. The fraction of sp³-hybridized carbons (Fsp3) is 0.943. The van der Waals surface area contributed by atoms with Gasteiger partial charge in [-0.2, -0.15) is 0 Å². The number of unbranched alkanes of at least 4 members (excludes halogenated alkanes) is 5. The van der Waals surface area contributed by atoms with E-state index in [-0.39, 0.29) is 0 Å². The van der Waals surface area contributed by atoms with Gasteiger partial charge >= 0.3 is 0 Å². The summed E-state index contributed by atoms with van der Waals surface area (Å²) in [6, 6.07) is 0. The Kier molecular flexibility index (Phi) is 10.1. The summed E-state index contributed by atoms with van der Waals surface area (Å²) in [5.41, 5.74) is 2.87. The third-order valence-corrected chi connectivity index (χ3v) is 12.1. The molecule has 4 rings (SSSR count). The Bertz CT molecular complexity index is 707. The van der Waals surface area contributed by atoms with Crippen LogP contribution in [0, 0.1) is 46.3 Å². The second kappa shape index (κ2) is 12.7. The highest BCUT2D eigenvalue weighted by Crippen LogP contribution is 2.67. The van der Waals surface area contributed by atoms with Gasteiger partial charge in [0.05, 0.1) is 6.10 Å². The van der Waals surface area contributed by atoms with Gasteiger partial charge < -0.3 is 4.74 Å². The van der Waals surface area contributed by atoms with Crippen molar-refractivity contribution >= 4 is 0 Å². The van der Waals surface area contributed by atoms with E-state index in [1.165, 1.54) is 109 Å². The fourth-order valence-corrected chi connectivity index (χ4v) is 9.93. The molecule has 0 spiro atoms. The number of allylic oxidation sites excluding steroid dienone is 1. The van der Waals surface area contributed by atoms with Crippen molar-refractivity contribution in [2.75, 3.05) is 6.61 Å². The molecule has 1 heteroatoms. The van der Waals surface area contributed by atoms with Gasteiger partial charge in [0, 0.05) is 6.61 Å². The molecule has 0 unspecified atom stereocenters. The molecular formula is C35H62O. The van der Waals surface area contributed by atoms with Gasteiger partial charge in [-0.3, -0.25) is 0 Å². The molecule has 0 aliphatic heterocycles. The standard InChI is InChI=1S/C35H62O/c1-7-8-9-10-11-12-24-36-29-20-22-34(5)28(25-29)16-17-30-32-19-18-31(27(4)15-13-14-26(2)3)35(32,6)23-21-33(30)34/h16,26-27,29-33H,7-15,17-25H2,1-6H3/t27-,29+,30+,31-,32+,33+,34+,35-/m1/s1. The SMILES string of the molecule is CCCCCCCCO[C@H]1CC[C@@]2(C)C(=CC[C@H]3[C@@H]4CC[C@H]([C@H](C)CCCC(C)C)[C@@]4(C)CC[C@@H]32)C1. The fourth-order valence-electron chi connectivity index (χ4n) is 9.93. The molecule has 0 bridgehead atoms. The van der Waals surface area contributed by atoms with Gasteiger partial charge in [0.15, 0.2) is 0 Å². The Hall–Kier alpha value is -0.300. The molecule has 36 heavy (non-hydrogen) atoms.